The molecule has 0 saturated carbocycles. The minimum atomic E-state index is 0.0357. The summed E-state index contributed by atoms with van der Waals surface area (Å²) >= 11 is 0. The Kier molecular flexibility index (Phi) is 2.39. The first-order valence-electron chi connectivity index (χ1n) is 6.09. The fourth-order valence-electron chi connectivity index (χ4n) is 3.07. The second-order valence-electron chi connectivity index (χ2n) is 4.62. The molecule has 1 aromatic rings. The van der Waals surface area contributed by atoms with Crippen molar-refractivity contribution in [3.8, 4) is 0 Å². The predicted molar refractivity (Wildman–Crippen MR) is 66.6 cm³/mol. The van der Waals surface area contributed by atoms with Gasteiger partial charge in [-0.3, -0.25) is 0 Å². The van der Waals surface area contributed by atoms with Crippen molar-refractivity contribution in [1.82, 2.24) is 10.2 Å². The van der Waals surface area contributed by atoms with Crippen molar-refractivity contribution in [1.29, 1.82) is 0 Å². The van der Waals surface area contributed by atoms with Crippen molar-refractivity contribution < 1.29 is 4.79 Å². The maximum atomic E-state index is 12.1. The van der Waals surface area contributed by atoms with Crippen molar-refractivity contribution in [3.05, 3.63) is 48.0 Å². The maximum absolute atomic E-state index is 12.1. The van der Waals surface area contributed by atoms with Crippen molar-refractivity contribution in [2.45, 2.75) is 24.9 Å². The number of carbonyl (C=O) groups is 1. The molecule has 3 rings (SSSR count). The van der Waals surface area contributed by atoms with Crippen LogP contribution in [0.3, 0.4) is 0 Å². The zero-order valence-electron chi connectivity index (χ0n) is 9.73. The molecule has 2 aliphatic heterocycles. The monoisotopic (exact) mass is 228 g/mol. The van der Waals surface area contributed by atoms with Gasteiger partial charge in [-0.15, -0.1) is 6.58 Å². The summed E-state index contributed by atoms with van der Waals surface area (Å²) in [5.74, 6) is 0. The van der Waals surface area contributed by atoms with Gasteiger partial charge in [0.25, 0.3) is 0 Å². The number of benzene rings is 1. The minimum absolute atomic E-state index is 0.0357. The van der Waals surface area contributed by atoms with Crippen LogP contribution in [-0.4, -0.2) is 17.5 Å². The SMILES string of the molecule is C=CCNC(=O)N1C2CCC1c1ccccc12. The van der Waals surface area contributed by atoms with Crippen LogP contribution < -0.4 is 5.32 Å². The average molecular weight is 228 g/mol. The quantitative estimate of drug-likeness (QED) is 0.776. The van der Waals surface area contributed by atoms with Gasteiger partial charge in [0, 0.05) is 6.54 Å². The van der Waals surface area contributed by atoms with Gasteiger partial charge in [0.1, 0.15) is 0 Å². The highest BCUT2D eigenvalue weighted by atomic mass is 16.2. The van der Waals surface area contributed by atoms with E-state index in [1.165, 1.54) is 11.1 Å². The molecular formula is C14H16N2O. The molecule has 2 amide bonds. The molecule has 2 atom stereocenters. The molecule has 0 spiro atoms. The fraction of sp³-hybridized carbons (Fsp3) is 0.357. The number of carbonyl (C=O) groups excluding carboxylic acids is 1. The van der Waals surface area contributed by atoms with E-state index in [9.17, 15) is 4.79 Å². The molecule has 2 unspecified atom stereocenters. The third kappa shape index (κ3) is 1.46. The Morgan fingerprint density at radius 2 is 1.94 bits per heavy atom. The topological polar surface area (TPSA) is 32.3 Å². The maximum Gasteiger partial charge on any atom is 0.318 e. The second-order valence-corrected chi connectivity index (χ2v) is 4.62. The van der Waals surface area contributed by atoms with Crippen LogP contribution in [0.2, 0.25) is 0 Å². The van der Waals surface area contributed by atoms with Gasteiger partial charge in [0.2, 0.25) is 0 Å². The van der Waals surface area contributed by atoms with E-state index in [4.69, 9.17) is 0 Å². The third-order valence-electron chi connectivity index (χ3n) is 3.73. The van der Waals surface area contributed by atoms with E-state index in [-0.39, 0.29) is 18.1 Å². The van der Waals surface area contributed by atoms with E-state index < -0.39 is 0 Å². The van der Waals surface area contributed by atoms with Crippen LogP contribution >= 0.6 is 0 Å². The van der Waals surface area contributed by atoms with E-state index in [2.05, 4.69) is 36.2 Å². The van der Waals surface area contributed by atoms with Gasteiger partial charge in [-0.2, -0.15) is 0 Å². The van der Waals surface area contributed by atoms with Crippen LogP contribution in [0.4, 0.5) is 4.79 Å². The van der Waals surface area contributed by atoms with Gasteiger partial charge in [0.05, 0.1) is 12.1 Å². The first-order chi connectivity index (χ1) is 8.33. The standard InChI is InChI=1S/C14H16N2O/c1-2-9-15-14(17)16-12-7-8-13(16)11-6-4-3-5-10(11)12/h2-6,12-13H,1,7-9H2,(H,15,17). The van der Waals surface area contributed by atoms with Crippen molar-refractivity contribution >= 4 is 6.03 Å². The van der Waals surface area contributed by atoms with Crippen molar-refractivity contribution in [2.75, 3.05) is 6.54 Å². The van der Waals surface area contributed by atoms with Gasteiger partial charge in [0.15, 0.2) is 0 Å². The van der Waals surface area contributed by atoms with Crippen LogP contribution in [0, 0.1) is 0 Å². The number of fused-ring (bicyclic) bond motifs is 5. The van der Waals surface area contributed by atoms with Gasteiger partial charge in [-0.1, -0.05) is 30.3 Å². The summed E-state index contributed by atoms with van der Waals surface area (Å²) in [6.45, 7) is 4.15. The summed E-state index contributed by atoms with van der Waals surface area (Å²) < 4.78 is 0. The van der Waals surface area contributed by atoms with Gasteiger partial charge >= 0.3 is 6.03 Å². The minimum Gasteiger partial charge on any atom is -0.334 e. The number of hydrogen-bond donors (Lipinski definition) is 1. The van der Waals surface area contributed by atoms with Gasteiger partial charge < -0.3 is 10.2 Å². The summed E-state index contributed by atoms with van der Waals surface area (Å²) in [4.78, 5) is 14.1. The highest BCUT2D eigenvalue weighted by Gasteiger charge is 2.45. The number of nitrogens with zero attached hydrogens (tertiary/aromatic N) is 1. The van der Waals surface area contributed by atoms with E-state index in [0.29, 0.717) is 6.54 Å². The first-order valence-corrected chi connectivity index (χ1v) is 6.09. The zero-order valence-corrected chi connectivity index (χ0v) is 9.73. The number of urea groups is 1. The number of hydrogen-bond acceptors (Lipinski definition) is 1. The smallest absolute Gasteiger partial charge is 0.318 e. The summed E-state index contributed by atoms with van der Waals surface area (Å²) in [5.41, 5.74) is 2.66. The molecule has 1 saturated heterocycles. The second kappa shape index (κ2) is 3.91. The van der Waals surface area contributed by atoms with Crippen LogP contribution in [0.1, 0.15) is 36.1 Å². The molecule has 1 aromatic carbocycles. The highest BCUT2D eigenvalue weighted by Crippen LogP contribution is 2.52. The molecule has 1 fully saturated rings. The Labute approximate surface area is 101 Å². The molecule has 0 aromatic heterocycles. The lowest BCUT2D eigenvalue weighted by molar-refractivity contribution is 0.184. The molecule has 0 radical (unpaired) electrons. The van der Waals surface area contributed by atoms with Crippen LogP contribution in [0.25, 0.3) is 0 Å². The summed E-state index contributed by atoms with van der Waals surface area (Å²) in [5, 5.41) is 2.88. The first kappa shape index (κ1) is 10.4. The molecule has 3 heteroatoms. The predicted octanol–water partition coefficient (Wildman–Crippen LogP) is 2.77. The molecule has 1 N–H and O–H groups in total. The van der Waals surface area contributed by atoms with Gasteiger partial charge in [-0.25, -0.2) is 4.79 Å². The Morgan fingerprint density at radius 3 is 2.47 bits per heavy atom. The lowest BCUT2D eigenvalue weighted by Crippen LogP contribution is -2.37. The molecule has 17 heavy (non-hydrogen) atoms. The molecule has 3 nitrogen and oxygen atoms in total. The van der Waals surface area contributed by atoms with E-state index in [0.717, 1.165) is 12.8 Å². The lowest BCUT2D eigenvalue weighted by Gasteiger charge is -2.22. The normalized spacial score (nSPS) is 24.6. The van der Waals surface area contributed by atoms with Crippen molar-refractivity contribution in [3.63, 3.8) is 0 Å². The summed E-state index contributed by atoms with van der Waals surface area (Å²) in [6.07, 6.45) is 3.88. The van der Waals surface area contributed by atoms with E-state index in [1.54, 1.807) is 6.08 Å². The summed E-state index contributed by atoms with van der Waals surface area (Å²) in [6, 6.07) is 8.99. The Balaban J connectivity index is 1.87. The van der Waals surface area contributed by atoms with Crippen LogP contribution in [0.5, 0.6) is 0 Å². The van der Waals surface area contributed by atoms with Crippen molar-refractivity contribution in [2.24, 2.45) is 0 Å². The molecule has 2 heterocycles. The number of nitrogens with one attached hydrogen (secondary N) is 1. The van der Waals surface area contributed by atoms with E-state index >= 15 is 0 Å². The van der Waals surface area contributed by atoms with Gasteiger partial charge in [-0.05, 0) is 24.0 Å². The Hall–Kier alpha value is -1.77. The molecule has 2 aliphatic rings. The molecule has 2 bridgehead atoms. The van der Waals surface area contributed by atoms with E-state index in [1.807, 2.05) is 4.90 Å². The third-order valence-corrected chi connectivity index (χ3v) is 3.73. The van der Waals surface area contributed by atoms with Crippen LogP contribution in [0.15, 0.2) is 36.9 Å². The summed E-state index contributed by atoms with van der Waals surface area (Å²) in [7, 11) is 0. The molecular weight excluding hydrogens is 212 g/mol. The Morgan fingerprint density at radius 1 is 1.35 bits per heavy atom. The number of amides is 2. The fourth-order valence-corrected chi connectivity index (χ4v) is 3.07. The average Bonchev–Trinajstić information content (AvgIpc) is 2.93. The number of rotatable bonds is 2. The van der Waals surface area contributed by atoms with Crippen LogP contribution in [-0.2, 0) is 0 Å². The highest BCUT2D eigenvalue weighted by molar-refractivity contribution is 5.77. The Bertz CT molecular complexity index is 438. The molecule has 0 aliphatic carbocycles. The lowest BCUT2D eigenvalue weighted by atomic mass is 9.92. The zero-order chi connectivity index (χ0) is 11.8. The molecule has 88 valence electrons. The largest absolute Gasteiger partial charge is 0.334 e.